The smallest absolute Gasteiger partial charge is 0.122 e. The number of halogens is 1. The lowest BCUT2D eigenvalue weighted by atomic mass is 10.1. The zero-order chi connectivity index (χ0) is 14.5. The average Bonchev–Trinajstić information content (AvgIpc) is 2.46. The molecule has 0 unspecified atom stereocenters. The molecule has 2 rings (SSSR count). The number of ether oxygens (including phenoxy) is 1. The molecule has 0 fully saturated rings. The standard InChI is InChI=1S/C14H14ClN3OS/c1-19-12-4-2-9(14(16)17)6-10(12)8-20-13-5-3-11(15)7-18-13/h2-7H,8H2,1H3,(H3,16,17). The Morgan fingerprint density at radius 2 is 2.20 bits per heavy atom. The van der Waals surface area contributed by atoms with Crippen molar-refractivity contribution in [2.45, 2.75) is 10.8 Å². The number of rotatable bonds is 5. The molecular weight excluding hydrogens is 294 g/mol. The minimum Gasteiger partial charge on any atom is -0.496 e. The van der Waals surface area contributed by atoms with Crippen molar-refractivity contribution in [2.75, 3.05) is 7.11 Å². The maximum atomic E-state index is 7.48. The highest BCUT2D eigenvalue weighted by atomic mass is 35.5. The van der Waals surface area contributed by atoms with E-state index in [0.29, 0.717) is 16.3 Å². The number of pyridine rings is 1. The predicted molar refractivity (Wildman–Crippen MR) is 82.8 cm³/mol. The van der Waals surface area contributed by atoms with Crippen LogP contribution in [0.4, 0.5) is 0 Å². The fourth-order valence-electron chi connectivity index (χ4n) is 1.66. The largest absolute Gasteiger partial charge is 0.496 e. The zero-order valence-electron chi connectivity index (χ0n) is 10.9. The van der Waals surface area contributed by atoms with Gasteiger partial charge in [0.2, 0.25) is 0 Å². The molecule has 2 aromatic rings. The van der Waals surface area contributed by atoms with E-state index in [2.05, 4.69) is 4.98 Å². The number of hydrogen-bond donors (Lipinski definition) is 2. The molecular formula is C14H14ClN3OS. The Morgan fingerprint density at radius 1 is 1.40 bits per heavy atom. The van der Waals surface area contributed by atoms with Crippen molar-refractivity contribution in [3.05, 3.63) is 52.7 Å². The second-order valence-corrected chi connectivity index (χ2v) is 5.48. The van der Waals surface area contributed by atoms with Gasteiger partial charge in [-0.15, -0.1) is 11.8 Å². The minimum absolute atomic E-state index is 0.0449. The molecule has 4 nitrogen and oxygen atoms in total. The van der Waals surface area contributed by atoms with Crippen molar-refractivity contribution in [1.82, 2.24) is 4.98 Å². The van der Waals surface area contributed by atoms with Crippen LogP contribution in [0.3, 0.4) is 0 Å². The maximum absolute atomic E-state index is 7.48. The molecule has 20 heavy (non-hydrogen) atoms. The van der Waals surface area contributed by atoms with E-state index in [1.807, 2.05) is 18.2 Å². The molecule has 0 aliphatic carbocycles. The Morgan fingerprint density at radius 3 is 2.80 bits per heavy atom. The predicted octanol–water partition coefficient (Wildman–Crippen LogP) is 3.32. The fourth-order valence-corrected chi connectivity index (χ4v) is 2.59. The fraction of sp³-hybridized carbons (Fsp3) is 0.143. The third-order valence-corrected chi connectivity index (χ3v) is 3.88. The lowest BCUT2D eigenvalue weighted by Gasteiger charge is -2.10. The lowest BCUT2D eigenvalue weighted by Crippen LogP contribution is -2.11. The van der Waals surface area contributed by atoms with Crippen molar-refractivity contribution in [1.29, 1.82) is 5.41 Å². The van der Waals surface area contributed by atoms with E-state index in [-0.39, 0.29) is 5.84 Å². The molecule has 0 aliphatic rings. The molecule has 6 heteroatoms. The molecule has 104 valence electrons. The number of nitrogens with zero attached hydrogens (tertiary/aromatic N) is 1. The summed E-state index contributed by atoms with van der Waals surface area (Å²) in [5.41, 5.74) is 7.17. The van der Waals surface area contributed by atoms with E-state index in [1.165, 1.54) is 0 Å². The normalized spacial score (nSPS) is 10.3. The van der Waals surface area contributed by atoms with Crippen molar-refractivity contribution in [3.63, 3.8) is 0 Å². The van der Waals surface area contributed by atoms with Gasteiger partial charge < -0.3 is 10.5 Å². The number of hydrogen-bond acceptors (Lipinski definition) is 4. The highest BCUT2D eigenvalue weighted by Gasteiger charge is 2.07. The number of amidine groups is 1. The first-order chi connectivity index (χ1) is 9.60. The van der Waals surface area contributed by atoms with Crippen LogP contribution in [0, 0.1) is 5.41 Å². The SMILES string of the molecule is COc1ccc(C(=N)N)cc1CSc1ccc(Cl)cn1. The summed E-state index contributed by atoms with van der Waals surface area (Å²) in [5.74, 6) is 1.50. The van der Waals surface area contributed by atoms with E-state index in [4.69, 9.17) is 27.5 Å². The zero-order valence-corrected chi connectivity index (χ0v) is 12.5. The molecule has 0 aliphatic heterocycles. The average molecular weight is 308 g/mol. The second kappa shape index (κ2) is 6.63. The van der Waals surface area contributed by atoms with Crippen LogP contribution in [0.5, 0.6) is 5.75 Å². The third kappa shape index (κ3) is 3.65. The molecule has 0 spiro atoms. The van der Waals surface area contributed by atoms with Gasteiger partial charge in [-0.05, 0) is 30.3 Å². The van der Waals surface area contributed by atoms with Gasteiger partial charge in [0.25, 0.3) is 0 Å². The van der Waals surface area contributed by atoms with Crippen LogP contribution in [0.15, 0.2) is 41.6 Å². The first-order valence-corrected chi connectivity index (χ1v) is 7.22. The van der Waals surface area contributed by atoms with Crippen molar-refractivity contribution in [3.8, 4) is 5.75 Å². The van der Waals surface area contributed by atoms with Crippen molar-refractivity contribution < 1.29 is 4.74 Å². The number of aromatic nitrogens is 1. The van der Waals surface area contributed by atoms with Gasteiger partial charge in [0.1, 0.15) is 11.6 Å². The summed E-state index contributed by atoms with van der Waals surface area (Å²) in [6.07, 6.45) is 1.62. The molecule has 1 aromatic carbocycles. The van der Waals surface area contributed by atoms with Crippen molar-refractivity contribution >= 4 is 29.2 Å². The van der Waals surface area contributed by atoms with Gasteiger partial charge in [0, 0.05) is 23.1 Å². The van der Waals surface area contributed by atoms with Gasteiger partial charge in [-0.1, -0.05) is 11.6 Å². The Kier molecular flexibility index (Phi) is 4.87. The van der Waals surface area contributed by atoms with E-state index < -0.39 is 0 Å². The monoisotopic (exact) mass is 307 g/mol. The maximum Gasteiger partial charge on any atom is 0.122 e. The van der Waals surface area contributed by atoms with E-state index in [9.17, 15) is 0 Å². The summed E-state index contributed by atoms with van der Waals surface area (Å²) in [6.45, 7) is 0. The Labute approximate surface area is 126 Å². The van der Waals surface area contributed by atoms with Crippen LogP contribution in [0.1, 0.15) is 11.1 Å². The second-order valence-electron chi connectivity index (χ2n) is 4.04. The molecule has 1 aromatic heterocycles. The van der Waals surface area contributed by atoms with Gasteiger partial charge in [-0.2, -0.15) is 0 Å². The highest BCUT2D eigenvalue weighted by molar-refractivity contribution is 7.98. The topological polar surface area (TPSA) is 72.0 Å². The van der Waals surface area contributed by atoms with Gasteiger partial charge in [0.15, 0.2) is 0 Å². The van der Waals surface area contributed by atoms with Gasteiger partial charge in [0.05, 0.1) is 17.2 Å². The van der Waals surface area contributed by atoms with E-state index >= 15 is 0 Å². The highest BCUT2D eigenvalue weighted by Crippen LogP contribution is 2.28. The summed E-state index contributed by atoms with van der Waals surface area (Å²) < 4.78 is 5.32. The number of thioether (sulfide) groups is 1. The van der Waals surface area contributed by atoms with Crippen LogP contribution >= 0.6 is 23.4 Å². The summed E-state index contributed by atoms with van der Waals surface area (Å²) >= 11 is 7.37. The van der Waals surface area contributed by atoms with Gasteiger partial charge in [-0.3, -0.25) is 5.41 Å². The van der Waals surface area contributed by atoms with Crippen LogP contribution in [0.25, 0.3) is 0 Å². The minimum atomic E-state index is 0.0449. The molecule has 0 atom stereocenters. The van der Waals surface area contributed by atoms with Crippen LogP contribution < -0.4 is 10.5 Å². The third-order valence-electron chi connectivity index (χ3n) is 2.67. The van der Waals surface area contributed by atoms with Gasteiger partial charge in [-0.25, -0.2) is 4.98 Å². The van der Waals surface area contributed by atoms with Crippen molar-refractivity contribution in [2.24, 2.45) is 5.73 Å². The number of nitrogen functional groups attached to an aromatic ring is 1. The Balaban J connectivity index is 2.16. The Bertz CT molecular complexity index is 616. The number of nitrogens with two attached hydrogens (primary N) is 1. The summed E-state index contributed by atoms with van der Waals surface area (Å²) in [4.78, 5) is 4.23. The molecule has 0 bridgehead atoms. The quantitative estimate of drug-likeness (QED) is 0.505. The summed E-state index contributed by atoms with van der Waals surface area (Å²) in [5, 5.41) is 8.98. The first-order valence-electron chi connectivity index (χ1n) is 5.86. The lowest BCUT2D eigenvalue weighted by molar-refractivity contribution is 0.411. The molecule has 0 saturated heterocycles. The molecule has 0 radical (unpaired) electrons. The first kappa shape index (κ1) is 14.7. The number of nitrogens with one attached hydrogen (secondary N) is 1. The van der Waals surface area contributed by atoms with Crippen LogP contribution in [0.2, 0.25) is 5.02 Å². The molecule has 0 saturated carbocycles. The molecule has 0 amide bonds. The molecule has 3 N–H and O–H groups in total. The molecule has 1 heterocycles. The van der Waals surface area contributed by atoms with E-state index in [0.717, 1.165) is 16.3 Å². The van der Waals surface area contributed by atoms with E-state index in [1.54, 1.807) is 37.2 Å². The number of benzene rings is 1. The Hall–Kier alpha value is -1.72. The van der Waals surface area contributed by atoms with Gasteiger partial charge >= 0.3 is 0 Å². The number of methoxy groups -OCH3 is 1. The van der Waals surface area contributed by atoms with Crippen LogP contribution in [-0.2, 0) is 5.75 Å². The van der Waals surface area contributed by atoms with Crippen LogP contribution in [-0.4, -0.2) is 17.9 Å². The summed E-state index contributed by atoms with van der Waals surface area (Å²) in [6, 6.07) is 9.14. The summed E-state index contributed by atoms with van der Waals surface area (Å²) in [7, 11) is 1.62.